The molecule has 0 spiro atoms. The molecule has 3 rings (SSSR count). The van der Waals surface area contributed by atoms with Crippen molar-refractivity contribution in [1.29, 1.82) is 0 Å². The lowest BCUT2D eigenvalue weighted by atomic mass is 10.0. The number of halogens is 3. The van der Waals surface area contributed by atoms with Gasteiger partial charge in [0.05, 0.1) is 6.26 Å². The molecule has 2 aromatic rings. The van der Waals surface area contributed by atoms with Crippen LogP contribution in [-0.2, 0) is 6.54 Å². The number of hydrogen-bond acceptors (Lipinski definition) is 3. The molecule has 6 heteroatoms. The highest BCUT2D eigenvalue weighted by molar-refractivity contribution is 5.19. The standard InChI is InChI=1S/C17H18F3NO2/c18-13-7-11(8-14(19)17(13)20)10-21-5-1-3-12(21)9-15(22)16-4-2-6-23-16/h2,4,6-8,12,15,22H,1,3,5,9-10H2. The zero-order valence-corrected chi connectivity index (χ0v) is 12.5. The number of nitrogens with zero attached hydrogens (tertiary/aromatic N) is 1. The van der Waals surface area contributed by atoms with Crippen LogP contribution in [0.25, 0.3) is 0 Å². The number of hydrogen-bond donors (Lipinski definition) is 1. The molecule has 1 aliphatic heterocycles. The second-order valence-electron chi connectivity index (χ2n) is 5.91. The van der Waals surface area contributed by atoms with Gasteiger partial charge in [0.1, 0.15) is 11.9 Å². The zero-order valence-electron chi connectivity index (χ0n) is 12.5. The van der Waals surface area contributed by atoms with Gasteiger partial charge in [-0.2, -0.15) is 0 Å². The summed E-state index contributed by atoms with van der Waals surface area (Å²) in [5.41, 5.74) is 0.390. The lowest BCUT2D eigenvalue weighted by Gasteiger charge is -2.26. The van der Waals surface area contributed by atoms with Gasteiger partial charge < -0.3 is 9.52 Å². The number of furan rings is 1. The molecular weight excluding hydrogens is 307 g/mol. The van der Waals surface area contributed by atoms with Crippen LogP contribution in [-0.4, -0.2) is 22.6 Å². The van der Waals surface area contributed by atoms with Crippen molar-refractivity contribution in [2.45, 2.75) is 38.0 Å². The third-order valence-corrected chi connectivity index (χ3v) is 4.30. The smallest absolute Gasteiger partial charge is 0.194 e. The molecule has 0 amide bonds. The Balaban J connectivity index is 1.67. The first-order valence-electron chi connectivity index (χ1n) is 7.63. The lowest BCUT2D eigenvalue weighted by Crippen LogP contribution is -2.30. The second-order valence-corrected chi connectivity index (χ2v) is 5.91. The third kappa shape index (κ3) is 3.59. The summed E-state index contributed by atoms with van der Waals surface area (Å²) in [6.07, 6.45) is 3.12. The third-order valence-electron chi connectivity index (χ3n) is 4.30. The maximum Gasteiger partial charge on any atom is 0.194 e. The maximum atomic E-state index is 13.3. The van der Waals surface area contributed by atoms with Crippen LogP contribution in [0.15, 0.2) is 34.9 Å². The largest absolute Gasteiger partial charge is 0.467 e. The average molecular weight is 325 g/mol. The predicted molar refractivity (Wildman–Crippen MR) is 78.0 cm³/mol. The number of aliphatic hydroxyl groups excluding tert-OH is 1. The Kier molecular flexibility index (Phi) is 4.73. The minimum Gasteiger partial charge on any atom is -0.467 e. The van der Waals surface area contributed by atoms with Crippen LogP contribution in [0.2, 0.25) is 0 Å². The molecule has 0 bridgehead atoms. The first-order chi connectivity index (χ1) is 11.0. The van der Waals surface area contributed by atoms with Gasteiger partial charge >= 0.3 is 0 Å². The normalized spacial score (nSPS) is 20.1. The van der Waals surface area contributed by atoms with E-state index in [4.69, 9.17) is 4.42 Å². The molecule has 2 heterocycles. The van der Waals surface area contributed by atoms with E-state index in [0.29, 0.717) is 24.3 Å². The topological polar surface area (TPSA) is 36.6 Å². The van der Waals surface area contributed by atoms with Crippen molar-refractivity contribution in [3.8, 4) is 0 Å². The van der Waals surface area contributed by atoms with Gasteiger partial charge in [-0.1, -0.05) is 0 Å². The van der Waals surface area contributed by atoms with E-state index in [1.165, 1.54) is 6.26 Å². The van der Waals surface area contributed by atoms with Crippen molar-refractivity contribution >= 4 is 0 Å². The highest BCUT2D eigenvalue weighted by atomic mass is 19.2. The van der Waals surface area contributed by atoms with Crippen LogP contribution >= 0.6 is 0 Å². The van der Waals surface area contributed by atoms with Gasteiger partial charge in [-0.15, -0.1) is 0 Å². The van der Waals surface area contributed by atoms with E-state index in [1.54, 1.807) is 12.1 Å². The van der Waals surface area contributed by atoms with Crippen molar-refractivity contribution < 1.29 is 22.7 Å². The summed E-state index contributed by atoms with van der Waals surface area (Å²) in [5.74, 6) is -3.28. The van der Waals surface area contributed by atoms with E-state index in [-0.39, 0.29) is 6.04 Å². The van der Waals surface area contributed by atoms with E-state index in [9.17, 15) is 18.3 Å². The SMILES string of the molecule is OC(CC1CCCN1Cc1cc(F)c(F)c(F)c1)c1ccco1. The minimum absolute atomic E-state index is 0.0891. The summed E-state index contributed by atoms with van der Waals surface area (Å²) < 4.78 is 44.9. The summed E-state index contributed by atoms with van der Waals surface area (Å²) in [6.45, 7) is 1.10. The van der Waals surface area contributed by atoms with Crippen molar-refractivity contribution in [2.75, 3.05) is 6.54 Å². The molecule has 1 fully saturated rings. The summed E-state index contributed by atoms with van der Waals surface area (Å²) in [7, 11) is 0. The quantitative estimate of drug-likeness (QED) is 0.850. The molecule has 1 aliphatic rings. The van der Waals surface area contributed by atoms with E-state index < -0.39 is 23.6 Å². The molecule has 2 unspecified atom stereocenters. The van der Waals surface area contributed by atoms with Crippen LogP contribution < -0.4 is 0 Å². The Labute approximate surface area is 132 Å². The summed E-state index contributed by atoms with van der Waals surface area (Å²) in [4.78, 5) is 2.05. The predicted octanol–water partition coefficient (Wildman–Crippen LogP) is 3.79. The Morgan fingerprint density at radius 3 is 2.65 bits per heavy atom. The Hall–Kier alpha value is -1.79. The monoisotopic (exact) mass is 325 g/mol. The fourth-order valence-electron chi connectivity index (χ4n) is 3.16. The van der Waals surface area contributed by atoms with Crippen LogP contribution in [0.5, 0.6) is 0 Å². The van der Waals surface area contributed by atoms with Crippen molar-refractivity contribution in [2.24, 2.45) is 0 Å². The van der Waals surface area contributed by atoms with Crippen molar-refractivity contribution in [3.63, 3.8) is 0 Å². The zero-order chi connectivity index (χ0) is 16.4. The molecule has 0 radical (unpaired) electrons. The Morgan fingerprint density at radius 2 is 2.00 bits per heavy atom. The Morgan fingerprint density at radius 1 is 1.26 bits per heavy atom. The van der Waals surface area contributed by atoms with Crippen LogP contribution in [0.3, 0.4) is 0 Å². The van der Waals surface area contributed by atoms with E-state index in [1.807, 2.05) is 0 Å². The van der Waals surface area contributed by atoms with Crippen molar-refractivity contribution in [3.05, 3.63) is 59.3 Å². The number of likely N-dealkylation sites (tertiary alicyclic amines) is 1. The highest BCUT2D eigenvalue weighted by Gasteiger charge is 2.28. The van der Waals surface area contributed by atoms with Crippen LogP contribution in [0.4, 0.5) is 13.2 Å². The summed E-state index contributed by atoms with van der Waals surface area (Å²) in [6, 6.07) is 5.57. The van der Waals surface area contributed by atoms with Gasteiger partial charge in [0.25, 0.3) is 0 Å². The number of aliphatic hydroxyl groups is 1. The molecule has 124 valence electrons. The fourth-order valence-corrected chi connectivity index (χ4v) is 3.16. The molecule has 2 atom stereocenters. The minimum atomic E-state index is -1.44. The van der Waals surface area contributed by atoms with E-state index in [2.05, 4.69) is 4.90 Å². The maximum absolute atomic E-state index is 13.3. The molecule has 1 saturated heterocycles. The summed E-state index contributed by atoms with van der Waals surface area (Å²) >= 11 is 0. The molecule has 0 aliphatic carbocycles. The number of rotatable bonds is 5. The summed E-state index contributed by atoms with van der Waals surface area (Å²) in [5, 5.41) is 10.2. The van der Waals surface area contributed by atoms with Crippen LogP contribution in [0, 0.1) is 17.5 Å². The Bertz CT molecular complexity index is 637. The first-order valence-corrected chi connectivity index (χ1v) is 7.63. The second kappa shape index (κ2) is 6.76. The molecule has 23 heavy (non-hydrogen) atoms. The molecular formula is C17H18F3NO2. The van der Waals surface area contributed by atoms with Gasteiger partial charge in [-0.25, -0.2) is 13.2 Å². The van der Waals surface area contributed by atoms with Gasteiger partial charge in [0, 0.05) is 12.6 Å². The fraction of sp³-hybridized carbons (Fsp3) is 0.412. The van der Waals surface area contributed by atoms with Gasteiger partial charge in [-0.05, 0) is 55.6 Å². The molecule has 1 aromatic heterocycles. The van der Waals surface area contributed by atoms with Crippen molar-refractivity contribution in [1.82, 2.24) is 4.90 Å². The molecule has 0 saturated carbocycles. The molecule has 1 N–H and O–H groups in total. The average Bonchev–Trinajstić information content (AvgIpc) is 3.17. The lowest BCUT2D eigenvalue weighted by molar-refractivity contribution is 0.0994. The van der Waals surface area contributed by atoms with Gasteiger partial charge in [0.15, 0.2) is 17.5 Å². The van der Waals surface area contributed by atoms with E-state index >= 15 is 0 Å². The molecule has 3 nitrogen and oxygen atoms in total. The van der Waals surface area contributed by atoms with E-state index in [0.717, 1.165) is 31.5 Å². The molecule has 1 aromatic carbocycles. The highest BCUT2D eigenvalue weighted by Crippen LogP contribution is 2.29. The van der Waals surface area contributed by atoms with Gasteiger partial charge in [-0.3, -0.25) is 4.90 Å². The number of benzene rings is 1. The first kappa shape index (κ1) is 16.1. The van der Waals surface area contributed by atoms with Crippen LogP contribution in [0.1, 0.15) is 36.7 Å². The van der Waals surface area contributed by atoms with Gasteiger partial charge in [0.2, 0.25) is 0 Å².